The Morgan fingerprint density at radius 3 is 2.27 bits per heavy atom. The molecule has 0 N–H and O–H groups in total. The molecule has 2 rings (SSSR count). The van der Waals surface area contributed by atoms with E-state index in [-0.39, 0.29) is 0 Å². The minimum absolute atomic E-state index is 0.560. The second kappa shape index (κ2) is 2.76. The molecule has 11 heavy (non-hydrogen) atoms. The Bertz CT molecular complexity index is 136. The molecule has 2 heteroatoms. The third-order valence-electron chi connectivity index (χ3n) is 2.52. The summed E-state index contributed by atoms with van der Waals surface area (Å²) in [4.78, 5) is 2.45. The van der Waals surface area contributed by atoms with Crippen molar-refractivity contribution in [2.24, 2.45) is 0 Å². The third-order valence-corrected chi connectivity index (χ3v) is 2.52. The maximum absolute atomic E-state index is 5.74. The van der Waals surface area contributed by atoms with Gasteiger partial charge in [-0.2, -0.15) is 0 Å². The van der Waals surface area contributed by atoms with Gasteiger partial charge in [-0.15, -0.1) is 0 Å². The van der Waals surface area contributed by atoms with Crippen LogP contribution >= 0.6 is 0 Å². The van der Waals surface area contributed by atoms with Gasteiger partial charge in [0.25, 0.3) is 0 Å². The minimum atomic E-state index is 0.560. The van der Waals surface area contributed by atoms with Crippen molar-refractivity contribution in [2.45, 2.75) is 44.9 Å². The lowest BCUT2D eigenvalue weighted by Crippen LogP contribution is -2.55. The van der Waals surface area contributed by atoms with Crippen LogP contribution in [-0.2, 0) is 4.74 Å². The standard InChI is InChI=1S/C9H17NO/c1-7(2)10-5-9(6-10)11-8-3-4-8/h7-9H,3-6H2,1-2H3. The van der Waals surface area contributed by atoms with Gasteiger partial charge in [-0.1, -0.05) is 0 Å². The fourth-order valence-electron chi connectivity index (χ4n) is 1.45. The highest BCUT2D eigenvalue weighted by molar-refractivity contribution is 4.86. The zero-order valence-electron chi connectivity index (χ0n) is 7.42. The van der Waals surface area contributed by atoms with Crippen LogP contribution in [0.1, 0.15) is 26.7 Å². The fourth-order valence-corrected chi connectivity index (χ4v) is 1.45. The first-order chi connectivity index (χ1) is 5.25. The molecule has 1 saturated carbocycles. The van der Waals surface area contributed by atoms with E-state index in [0.717, 1.165) is 13.1 Å². The fraction of sp³-hybridized carbons (Fsp3) is 1.00. The first-order valence-electron chi connectivity index (χ1n) is 4.65. The summed E-state index contributed by atoms with van der Waals surface area (Å²) in [6.45, 7) is 6.81. The number of hydrogen-bond donors (Lipinski definition) is 0. The highest BCUT2D eigenvalue weighted by atomic mass is 16.5. The van der Waals surface area contributed by atoms with Crippen molar-refractivity contribution in [3.05, 3.63) is 0 Å². The van der Waals surface area contributed by atoms with Gasteiger partial charge in [-0.25, -0.2) is 0 Å². The van der Waals surface area contributed by atoms with Crippen molar-refractivity contribution in [1.82, 2.24) is 4.90 Å². The van der Waals surface area contributed by atoms with E-state index < -0.39 is 0 Å². The molecule has 1 aliphatic carbocycles. The van der Waals surface area contributed by atoms with Gasteiger partial charge in [-0.05, 0) is 26.7 Å². The van der Waals surface area contributed by atoms with Crippen LogP contribution in [0.4, 0.5) is 0 Å². The summed E-state index contributed by atoms with van der Waals surface area (Å²) in [5.74, 6) is 0. The molecular formula is C9H17NO. The molecule has 0 unspecified atom stereocenters. The Morgan fingerprint density at radius 1 is 1.18 bits per heavy atom. The molecule has 2 aliphatic rings. The van der Waals surface area contributed by atoms with Gasteiger partial charge < -0.3 is 4.74 Å². The van der Waals surface area contributed by atoms with Gasteiger partial charge in [0, 0.05) is 19.1 Å². The largest absolute Gasteiger partial charge is 0.372 e. The predicted octanol–water partition coefficient (Wildman–Crippen LogP) is 1.26. The number of nitrogens with zero attached hydrogens (tertiary/aromatic N) is 1. The highest BCUT2D eigenvalue weighted by Crippen LogP contribution is 2.28. The SMILES string of the molecule is CC(C)N1CC(OC2CC2)C1. The molecule has 1 saturated heterocycles. The summed E-state index contributed by atoms with van der Waals surface area (Å²) < 4.78 is 5.74. The summed E-state index contributed by atoms with van der Waals surface area (Å²) in [7, 11) is 0. The maximum atomic E-state index is 5.74. The lowest BCUT2D eigenvalue weighted by atomic mass is 10.1. The molecule has 1 heterocycles. The van der Waals surface area contributed by atoms with Crippen LogP contribution in [-0.4, -0.2) is 36.2 Å². The van der Waals surface area contributed by atoms with E-state index in [1.165, 1.54) is 12.8 Å². The number of likely N-dealkylation sites (tertiary alicyclic amines) is 1. The van der Waals surface area contributed by atoms with Crippen molar-refractivity contribution in [2.75, 3.05) is 13.1 Å². The third kappa shape index (κ3) is 1.74. The van der Waals surface area contributed by atoms with Gasteiger partial charge >= 0.3 is 0 Å². The molecule has 2 fully saturated rings. The van der Waals surface area contributed by atoms with E-state index in [2.05, 4.69) is 18.7 Å². The van der Waals surface area contributed by atoms with E-state index in [1.807, 2.05) is 0 Å². The Labute approximate surface area is 68.5 Å². The molecule has 0 aromatic carbocycles. The van der Waals surface area contributed by atoms with Crippen LogP contribution in [0.3, 0.4) is 0 Å². The molecule has 0 aromatic heterocycles. The summed E-state index contributed by atoms with van der Waals surface area (Å²) in [5, 5.41) is 0. The van der Waals surface area contributed by atoms with E-state index in [4.69, 9.17) is 4.74 Å². The number of hydrogen-bond acceptors (Lipinski definition) is 2. The second-order valence-electron chi connectivity index (χ2n) is 4.01. The van der Waals surface area contributed by atoms with Crippen molar-refractivity contribution >= 4 is 0 Å². The smallest absolute Gasteiger partial charge is 0.0832 e. The second-order valence-corrected chi connectivity index (χ2v) is 4.01. The Balaban J connectivity index is 1.63. The van der Waals surface area contributed by atoms with E-state index in [0.29, 0.717) is 18.2 Å². The minimum Gasteiger partial charge on any atom is -0.372 e. The zero-order valence-corrected chi connectivity index (χ0v) is 7.42. The summed E-state index contributed by atoms with van der Waals surface area (Å²) in [5.41, 5.74) is 0. The number of rotatable bonds is 3. The Morgan fingerprint density at radius 2 is 1.82 bits per heavy atom. The van der Waals surface area contributed by atoms with E-state index in [1.54, 1.807) is 0 Å². The van der Waals surface area contributed by atoms with Gasteiger partial charge in [0.05, 0.1) is 12.2 Å². The van der Waals surface area contributed by atoms with Gasteiger partial charge in [0.1, 0.15) is 0 Å². The van der Waals surface area contributed by atoms with Crippen LogP contribution in [0.5, 0.6) is 0 Å². The molecule has 0 aromatic rings. The highest BCUT2D eigenvalue weighted by Gasteiger charge is 2.34. The predicted molar refractivity (Wildman–Crippen MR) is 44.6 cm³/mol. The molecule has 64 valence electrons. The normalized spacial score (nSPS) is 27.5. The summed E-state index contributed by atoms with van der Waals surface area (Å²) >= 11 is 0. The monoisotopic (exact) mass is 155 g/mol. The van der Waals surface area contributed by atoms with Crippen LogP contribution in [0.2, 0.25) is 0 Å². The van der Waals surface area contributed by atoms with Crippen LogP contribution in [0.25, 0.3) is 0 Å². The molecule has 0 atom stereocenters. The average molecular weight is 155 g/mol. The van der Waals surface area contributed by atoms with Crippen molar-refractivity contribution in [3.63, 3.8) is 0 Å². The number of ether oxygens (including phenoxy) is 1. The molecule has 0 amide bonds. The average Bonchev–Trinajstić information content (AvgIpc) is 2.58. The van der Waals surface area contributed by atoms with Crippen molar-refractivity contribution < 1.29 is 4.74 Å². The molecule has 0 bridgehead atoms. The van der Waals surface area contributed by atoms with Gasteiger partial charge in [0.2, 0.25) is 0 Å². The topological polar surface area (TPSA) is 12.5 Å². The quantitative estimate of drug-likeness (QED) is 0.608. The molecule has 0 spiro atoms. The maximum Gasteiger partial charge on any atom is 0.0832 e. The van der Waals surface area contributed by atoms with Crippen LogP contribution < -0.4 is 0 Å². The lowest BCUT2D eigenvalue weighted by molar-refractivity contribution is -0.0739. The van der Waals surface area contributed by atoms with Gasteiger partial charge in [0.15, 0.2) is 0 Å². The first kappa shape index (κ1) is 7.56. The molecular weight excluding hydrogens is 138 g/mol. The molecule has 1 aliphatic heterocycles. The lowest BCUT2D eigenvalue weighted by Gasteiger charge is -2.41. The van der Waals surface area contributed by atoms with E-state index >= 15 is 0 Å². The Kier molecular flexibility index (Phi) is 1.90. The zero-order chi connectivity index (χ0) is 7.84. The van der Waals surface area contributed by atoms with E-state index in [9.17, 15) is 0 Å². The summed E-state index contributed by atoms with van der Waals surface area (Å²) in [6.07, 6.45) is 3.80. The summed E-state index contributed by atoms with van der Waals surface area (Å²) in [6, 6.07) is 0.703. The molecule has 2 nitrogen and oxygen atoms in total. The van der Waals surface area contributed by atoms with Crippen molar-refractivity contribution in [3.8, 4) is 0 Å². The first-order valence-corrected chi connectivity index (χ1v) is 4.65. The Hall–Kier alpha value is -0.0800. The van der Waals surface area contributed by atoms with Crippen molar-refractivity contribution in [1.29, 1.82) is 0 Å². The molecule has 0 radical (unpaired) electrons. The van der Waals surface area contributed by atoms with Crippen LogP contribution in [0.15, 0.2) is 0 Å². The van der Waals surface area contributed by atoms with Gasteiger partial charge in [-0.3, -0.25) is 4.90 Å². The van der Waals surface area contributed by atoms with Crippen LogP contribution in [0, 0.1) is 0 Å².